The molecule has 2 atom stereocenters. The molecule has 2 aliphatic rings. The van der Waals surface area contributed by atoms with Crippen LogP contribution in [0.1, 0.15) is 54.8 Å². The van der Waals surface area contributed by atoms with Gasteiger partial charge >= 0.3 is 0 Å². The predicted octanol–water partition coefficient (Wildman–Crippen LogP) is 5.25. The molecule has 0 bridgehead atoms. The van der Waals surface area contributed by atoms with Crippen molar-refractivity contribution in [3.8, 4) is 22.6 Å². The molecule has 0 radical (unpaired) electrons. The number of carbonyl (C=O) groups excluding carboxylic acids is 1. The van der Waals surface area contributed by atoms with Crippen LogP contribution in [0.3, 0.4) is 0 Å². The van der Waals surface area contributed by atoms with E-state index in [4.69, 9.17) is 9.40 Å². The number of likely N-dealkylation sites (N-methyl/N-ethyl adjacent to an activating group) is 1. The minimum absolute atomic E-state index is 0.0532. The molecular formula is C33H38N4O4S. The van der Waals surface area contributed by atoms with Crippen molar-refractivity contribution in [2.24, 2.45) is 0 Å². The third kappa shape index (κ3) is 5.42. The van der Waals surface area contributed by atoms with Gasteiger partial charge in [0.05, 0.1) is 16.5 Å². The summed E-state index contributed by atoms with van der Waals surface area (Å²) in [6.07, 6.45) is 0.415. The zero-order valence-corrected chi connectivity index (χ0v) is 25.5. The molecule has 0 unspecified atom stereocenters. The number of nitrogens with zero attached hydrogens (tertiary/aromatic N) is 4. The van der Waals surface area contributed by atoms with Gasteiger partial charge in [-0.25, -0.2) is 13.5 Å². The van der Waals surface area contributed by atoms with Gasteiger partial charge in [-0.15, -0.1) is 0 Å². The van der Waals surface area contributed by atoms with Gasteiger partial charge in [-0.2, -0.15) is 0 Å². The highest BCUT2D eigenvalue weighted by molar-refractivity contribution is 7.84. The summed E-state index contributed by atoms with van der Waals surface area (Å²) in [6.45, 7) is 9.19. The van der Waals surface area contributed by atoms with Crippen molar-refractivity contribution in [1.29, 1.82) is 0 Å². The molecule has 2 aliphatic heterocycles. The molecule has 1 amide bonds. The molecule has 42 heavy (non-hydrogen) atoms. The monoisotopic (exact) mass is 586 g/mol. The molecule has 1 saturated heterocycles. The maximum absolute atomic E-state index is 13.8. The van der Waals surface area contributed by atoms with Crippen LogP contribution in [0, 0.1) is 0 Å². The first kappa shape index (κ1) is 28.7. The largest absolute Gasteiger partial charge is 0.456 e. The number of rotatable bonds is 6. The first-order valence-corrected chi connectivity index (χ1v) is 15.6. The highest BCUT2D eigenvalue weighted by Crippen LogP contribution is 2.44. The van der Waals surface area contributed by atoms with E-state index in [-0.39, 0.29) is 18.6 Å². The summed E-state index contributed by atoms with van der Waals surface area (Å²) in [6, 6.07) is 19.6. The van der Waals surface area contributed by atoms with Crippen LogP contribution >= 0.6 is 0 Å². The molecule has 0 spiro atoms. The van der Waals surface area contributed by atoms with Crippen molar-refractivity contribution in [2.45, 2.75) is 44.5 Å². The van der Waals surface area contributed by atoms with Gasteiger partial charge in [0.15, 0.2) is 0 Å². The van der Waals surface area contributed by atoms with E-state index in [1.54, 1.807) is 0 Å². The molecular weight excluding hydrogens is 548 g/mol. The molecule has 0 aliphatic carbocycles. The summed E-state index contributed by atoms with van der Waals surface area (Å²) in [5, 5.41) is 11.1. The number of aromatic nitrogens is 1. The van der Waals surface area contributed by atoms with Gasteiger partial charge in [0.25, 0.3) is 5.91 Å². The van der Waals surface area contributed by atoms with E-state index in [9.17, 15) is 14.1 Å². The smallest absolute Gasteiger partial charge is 0.272 e. The molecule has 2 aromatic carbocycles. The number of carbonyl (C=O) groups is 1. The van der Waals surface area contributed by atoms with E-state index in [1.807, 2.05) is 90.6 Å². The zero-order chi connectivity index (χ0) is 29.6. The molecule has 4 aromatic rings. The van der Waals surface area contributed by atoms with E-state index in [1.165, 1.54) is 0 Å². The molecule has 8 nitrogen and oxygen atoms in total. The van der Waals surface area contributed by atoms with Crippen LogP contribution in [0.2, 0.25) is 0 Å². The normalized spacial score (nSPS) is 18.9. The van der Waals surface area contributed by atoms with Crippen molar-refractivity contribution in [2.75, 3.05) is 39.8 Å². The number of fused-ring (bicyclic) bond motifs is 2. The Bertz CT molecular complexity index is 1620. The van der Waals surface area contributed by atoms with Crippen LogP contribution in [0.15, 0.2) is 65.1 Å². The zero-order valence-electron chi connectivity index (χ0n) is 24.7. The lowest BCUT2D eigenvalue weighted by molar-refractivity contribution is 0.0658. The lowest BCUT2D eigenvalue weighted by atomic mass is 9.94. The quantitative estimate of drug-likeness (QED) is 0.332. The van der Waals surface area contributed by atoms with Crippen molar-refractivity contribution in [1.82, 2.24) is 19.1 Å². The minimum atomic E-state index is -1.33. The van der Waals surface area contributed by atoms with Gasteiger partial charge in [0.1, 0.15) is 28.0 Å². The Balaban J connectivity index is 1.48. The van der Waals surface area contributed by atoms with Crippen molar-refractivity contribution in [3.63, 3.8) is 0 Å². The fourth-order valence-electron chi connectivity index (χ4n) is 5.91. The Kier molecular flexibility index (Phi) is 7.78. The van der Waals surface area contributed by atoms with Gasteiger partial charge in [0.2, 0.25) is 0 Å². The number of amides is 1. The van der Waals surface area contributed by atoms with Crippen LogP contribution in [0.4, 0.5) is 0 Å². The van der Waals surface area contributed by atoms with Gasteiger partial charge in [-0.3, -0.25) is 4.79 Å². The summed E-state index contributed by atoms with van der Waals surface area (Å²) < 4.78 is 21.4. The van der Waals surface area contributed by atoms with Crippen molar-refractivity contribution >= 4 is 27.9 Å². The van der Waals surface area contributed by atoms with Gasteiger partial charge in [-0.05, 0) is 64.1 Å². The van der Waals surface area contributed by atoms with Gasteiger partial charge in [-0.1, -0.05) is 36.4 Å². The summed E-state index contributed by atoms with van der Waals surface area (Å²) in [5.74, 6) is 0.663. The molecule has 6 rings (SSSR count). The summed E-state index contributed by atoms with van der Waals surface area (Å²) >= 11 is 0. The number of aliphatic hydroxyl groups is 1. The highest BCUT2D eigenvalue weighted by Gasteiger charge is 2.40. The van der Waals surface area contributed by atoms with Gasteiger partial charge < -0.3 is 19.3 Å². The second kappa shape index (κ2) is 11.4. The number of para-hydroxylation sites is 1. The number of aliphatic hydroxyl groups excluding tert-OH is 1. The SMILES string of the molecule is CN1CCN(C(=O)c2cc3c(c(-c4cccc(-c5cc6ccccc6o5)c4)n2)[C@H](CCO)N([S@@](=O)C(C)(C)C)C3)CC1. The number of furan rings is 1. The van der Waals surface area contributed by atoms with Crippen LogP contribution in [0.5, 0.6) is 0 Å². The number of hydrogen-bond acceptors (Lipinski definition) is 6. The maximum Gasteiger partial charge on any atom is 0.272 e. The number of piperazine rings is 1. The van der Waals surface area contributed by atoms with Crippen LogP contribution < -0.4 is 0 Å². The average molecular weight is 587 g/mol. The van der Waals surface area contributed by atoms with Gasteiger partial charge in [0, 0.05) is 61.4 Å². The fraction of sp³-hybridized carbons (Fsp3) is 0.394. The second-order valence-electron chi connectivity index (χ2n) is 12.2. The molecule has 220 valence electrons. The summed E-state index contributed by atoms with van der Waals surface area (Å²) in [7, 11) is 0.738. The first-order chi connectivity index (χ1) is 20.1. The standard InChI is InChI=1S/C33H38N4O4S/c1-33(2,3)42(40)37-21-25-19-26(32(39)36-15-13-35(4)14-16-36)34-31(30(25)27(37)12-17-38)24-10-7-9-22(18-24)29-20-23-8-5-6-11-28(23)41-29/h5-11,18-20,27,38H,12-17,21H2,1-4H3/t27-,42-/m0/s1. The Morgan fingerprint density at radius 1 is 1.02 bits per heavy atom. The highest BCUT2D eigenvalue weighted by atomic mass is 32.2. The lowest BCUT2D eigenvalue weighted by Crippen LogP contribution is -2.47. The third-order valence-electron chi connectivity index (χ3n) is 8.15. The van der Waals surface area contributed by atoms with E-state index in [2.05, 4.69) is 11.9 Å². The number of benzene rings is 2. The van der Waals surface area contributed by atoms with Crippen LogP contribution in [0.25, 0.3) is 33.6 Å². The summed E-state index contributed by atoms with van der Waals surface area (Å²) in [4.78, 5) is 22.9. The molecule has 9 heteroatoms. The Morgan fingerprint density at radius 3 is 2.48 bits per heavy atom. The molecule has 1 fully saturated rings. The molecule has 2 aromatic heterocycles. The predicted molar refractivity (Wildman–Crippen MR) is 166 cm³/mol. The van der Waals surface area contributed by atoms with Crippen LogP contribution in [-0.4, -0.2) is 78.9 Å². The summed E-state index contributed by atoms with van der Waals surface area (Å²) in [5.41, 5.74) is 5.52. The molecule has 4 heterocycles. The Morgan fingerprint density at radius 2 is 1.76 bits per heavy atom. The maximum atomic E-state index is 13.8. The van der Waals surface area contributed by atoms with Crippen LogP contribution in [-0.2, 0) is 17.5 Å². The average Bonchev–Trinajstić information content (AvgIpc) is 3.58. The lowest BCUT2D eigenvalue weighted by Gasteiger charge is -2.32. The molecule has 0 saturated carbocycles. The van der Waals surface area contributed by atoms with E-state index >= 15 is 0 Å². The molecule has 1 N–H and O–H groups in total. The number of hydrogen-bond donors (Lipinski definition) is 1. The van der Waals surface area contributed by atoms with E-state index in [0.717, 1.165) is 52.1 Å². The Labute approximate surface area is 249 Å². The Hall–Kier alpha value is -3.37. The van der Waals surface area contributed by atoms with E-state index < -0.39 is 15.7 Å². The van der Waals surface area contributed by atoms with Crippen molar-refractivity contribution in [3.05, 3.63) is 77.5 Å². The van der Waals surface area contributed by atoms with Crippen molar-refractivity contribution < 1.29 is 18.5 Å². The second-order valence-corrected chi connectivity index (χ2v) is 14.4. The third-order valence-corrected chi connectivity index (χ3v) is 10.0. The fourth-order valence-corrected chi connectivity index (χ4v) is 7.32. The first-order valence-electron chi connectivity index (χ1n) is 14.5. The minimum Gasteiger partial charge on any atom is -0.456 e. The van der Waals surface area contributed by atoms with E-state index in [0.29, 0.717) is 37.4 Å². The topological polar surface area (TPSA) is 90.1 Å². The number of pyridine rings is 1.